The molecule has 33 heavy (non-hydrogen) atoms. The molecule has 1 aliphatic carbocycles. The van der Waals surface area contributed by atoms with Crippen molar-refractivity contribution in [1.82, 2.24) is 15.1 Å². The molecule has 178 valence electrons. The Bertz CT molecular complexity index is 1040. The number of aromatic nitrogens is 2. The highest BCUT2D eigenvalue weighted by molar-refractivity contribution is 6.30. The summed E-state index contributed by atoms with van der Waals surface area (Å²) in [6, 6.07) is 4.85. The van der Waals surface area contributed by atoms with Gasteiger partial charge in [-0.1, -0.05) is 18.2 Å². The zero-order chi connectivity index (χ0) is 23.8. The first-order chi connectivity index (χ1) is 15.6. The third-order valence-electron chi connectivity index (χ3n) is 5.79. The van der Waals surface area contributed by atoms with Crippen molar-refractivity contribution in [3.05, 3.63) is 59.0 Å². The topological polar surface area (TPSA) is 85.6 Å². The van der Waals surface area contributed by atoms with Gasteiger partial charge in [-0.3, -0.25) is 14.2 Å². The maximum atomic E-state index is 12.6. The van der Waals surface area contributed by atoms with Crippen LogP contribution < -0.4 is 10.1 Å². The van der Waals surface area contributed by atoms with Crippen LogP contribution in [0, 0.1) is 0 Å². The average Bonchev–Trinajstić information content (AvgIpc) is 3.17. The van der Waals surface area contributed by atoms with Crippen molar-refractivity contribution < 1.29 is 32.5 Å². The second-order valence-corrected chi connectivity index (χ2v) is 8.71. The molecule has 0 bridgehead atoms. The van der Waals surface area contributed by atoms with Gasteiger partial charge in [-0.15, -0.1) is 13.2 Å². The van der Waals surface area contributed by atoms with E-state index in [1.807, 2.05) is 0 Å². The van der Waals surface area contributed by atoms with E-state index in [-0.39, 0.29) is 12.3 Å². The van der Waals surface area contributed by atoms with Crippen molar-refractivity contribution >= 4 is 17.5 Å². The predicted molar refractivity (Wildman–Crippen MR) is 112 cm³/mol. The van der Waals surface area contributed by atoms with Crippen molar-refractivity contribution in [2.75, 3.05) is 0 Å². The number of allylic oxidation sites excluding steroid dienone is 1. The number of rotatable bonds is 7. The van der Waals surface area contributed by atoms with Gasteiger partial charge in [0, 0.05) is 41.9 Å². The molecule has 1 amide bonds. The molecule has 0 saturated heterocycles. The van der Waals surface area contributed by atoms with Crippen molar-refractivity contribution in [2.24, 2.45) is 0 Å². The first-order valence-corrected chi connectivity index (χ1v) is 10.8. The standard InChI is InChI=1S/C22H23ClF3N3O4/c1-12(28-21(31)20-9-18(30)17-8-15(23)2-3-19(17)32-20)4-5-29-11-14(10-27-29)13-6-16(7-13)33-22(24,25)26/h2-3,8,10-11,13,16,18,20,30H,1,4-7,9H2,(H,28,31)/t13?,16?,18-,20-/m1/s1. The Morgan fingerprint density at radius 1 is 1.36 bits per heavy atom. The van der Waals surface area contributed by atoms with Gasteiger partial charge in [0.2, 0.25) is 0 Å². The van der Waals surface area contributed by atoms with Gasteiger partial charge in [0.05, 0.1) is 18.4 Å². The normalized spacial score (nSPS) is 24.4. The van der Waals surface area contributed by atoms with Crippen LogP contribution in [0.5, 0.6) is 5.75 Å². The van der Waals surface area contributed by atoms with Crippen LogP contribution in [0.1, 0.15) is 48.8 Å². The van der Waals surface area contributed by atoms with Gasteiger partial charge in [0.1, 0.15) is 5.75 Å². The Labute approximate surface area is 193 Å². The molecule has 1 fully saturated rings. The van der Waals surface area contributed by atoms with Crippen LogP contribution in [0.3, 0.4) is 0 Å². The second-order valence-electron chi connectivity index (χ2n) is 8.27. The van der Waals surface area contributed by atoms with Crippen molar-refractivity contribution in [3.63, 3.8) is 0 Å². The minimum absolute atomic E-state index is 0.0124. The number of hydrogen-bond donors (Lipinski definition) is 2. The third kappa shape index (κ3) is 5.87. The van der Waals surface area contributed by atoms with Crippen LogP contribution in [0.25, 0.3) is 0 Å². The summed E-state index contributed by atoms with van der Waals surface area (Å²) in [6.07, 6.45) is -2.64. The van der Waals surface area contributed by atoms with Crippen LogP contribution in [0.4, 0.5) is 13.2 Å². The molecule has 1 aromatic heterocycles. The number of ether oxygens (including phenoxy) is 2. The highest BCUT2D eigenvalue weighted by atomic mass is 35.5. The summed E-state index contributed by atoms with van der Waals surface area (Å²) in [7, 11) is 0. The van der Waals surface area contributed by atoms with Gasteiger partial charge in [-0.25, -0.2) is 0 Å². The average molecular weight is 486 g/mol. The molecule has 11 heteroatoms. The Hall–Kier alpha value is -2.56. The van der Waals surface area contributed by atoms with Gasteiger partial charge >= 0.3 is 6.36 Å². The molecule has 0 spiro atoms. The lowest BCUT2D eigenvalue weighted by Gasteiger charge is -2.34. The molecule has 2 atom stereocenters. The van der Waals surface area contributed by atoms with Crippen LogP contribution in [0.2, 0.25) is 5.02 Å². The first-order valence-electron chi connectivity index (χ1n) is 10.5. The summed E-state index contributed by atoms with van der Waals surface area (Å²) in [5, 5.41) is 17.7. The number of alkyl halides is 3. The Balaban J connectivity index is 1.23. The fourth-order valence-electron chi connectivity index (χ4n) is 3.98. The molecule has 2 N–H and O–H groups in total. The fraction of sp³-hybridized carbons (Fsp3) is 0.455. The molecule has 1 aliphatic heterocycles. The van der Waals surface area contributed by atoms with E-state index < -0.39 is 30.6 Å². The van der Waals surface area contributed by atoms with Crippen molar-refractivity contribution in [3.8, 4) is 5.75 Å². The monoisotopic (exact) mass is 485 g/mol. The van der Waals surface area contributed by atoms with E-state index in [4.69, 9.17) is 16.3 Å². The molecule has 7 nitrogen and oxygen atoms in total. The Morgan fingerprint density at radius 3 is 2.85 bits per heavy atom. The van der Waals surface area contributed by atoms with Gasteiger partial charge in [-0.05, 0) is 42.5 Å². The number of hydrogen-bond acceptors (Lipinski definition) is 5. The smallest absolute Gasteiger partial charge is 0.480 e. The number of amides is 1. The fourth-order valence-corrected chi connectivity index (χ4v) is 4.16. The number of halogens is 4. The molecule has 2 aromatic rings. The number of nitrogens with zero attached hydrogens (tertiary/aromatic N) is 2. The number of aryl methyl sites for hydroxylation is 1. The lowest BCUT2D eigenvalue weighted by molar-refractivity contribution is -0.351. The van der Waals surface area contributed by atoms with Gasteiger partial charge in [0.15, 0.2) is 6.10 Å². The summed E-state index contributed by atoms with van der Waals surface area (Å²) in [5.74, 6) is -0.0144. The molecule has 2 aliphatic rings. The minimum atomic E-state index is -4.61. The molecule has 4 rings (SSSR count). The zero-order valence-corrected chi connectivity index (χ0v) is 18.3. The van der Waals surface area contributed by atoms with E-state index >= 15 is 0 Å². The summed E-state index contributed by atoms with van der Waals surface area (Å²) < 4.78 is 48.1. The summed E-state index contributed by atoms with van der Waals surface area (Å²) in [6.45, 7) is 4.30. The number of fused-ring (bicyclic) bond motifs is 1. The van der Waals surface area contributed by atoms with E-state index in [0.29, 0.717) is 47.8 Å². The predicted octanol–water partition coefficient (Wildman–Crippen LogP) is 4.22. The molecular formula is C22H23ClF3N3O4. The quantitative estimate of drug-likeness (QED) is 0.613. The molecule has 0 radical (unpaired) electrons. The minimum Gasteiger partial charge on any atom is -0.480 e. The van der Waals surface area contributed by atoms with Crippen LogP contribution in [0.15, 0.2) is 42.9 Å². The maximum absolute atomic E-state index is 12.6. The summed E-state index contributed by atoms with van der Waals surface area (Å²) >= 11 is 5.94. The van der Waals surface area contributed by atoms with Crippen LogP contribution in [-0.4, -0.2) is 39.4 Å². The lowest BCUT2D eigenvalue weighted by Crippen LogP contribution is -2.41. The number of carbonyl (C=O) groups excluding carboxylic acids is 1. The lowest BCUT2D eigenvalue weighted by atomic mass is 9.79. The van der Waals surface area contributed by atoms with Crippen LogP contribution >= 0.6 is 11.6 Å². The van der Waals surface area contributed by atoms with Crippen molar-refractivity contribution in [1.29, 1.82) is 0 Å². The van der Waals surface area contributed by atoms with Gasteiger partial charge in [0.25, 0.3) is 5.91 Å². The molecule has 1 saturated carbocycles. The van der Waals surface area contributed by atoms with Crippen molar-refractivity contribution in [2.45, 2.75) is 62.8 Å². The molecular weight excluding hydrogens is 463 g/mol. The van der Waals surface area contributed by atoms with Gasteiger partial charge < -0.3 is 15.2 Å². The number of aliphatic hydroxyl groups excluding tert-OH is 1. The van der Waals surface area contributed by atoms with Gasteiger partial charge in [-0.2, -0.15) is 5.10 Å². The van der Waals surface area contributed by atoms with E-state index in [2.05, 4.69) is 21.7 Å². The number of carbonyl (C=O) groups is 1. The molecule has 1 aromatic carbocycles. The van der Waals surface area contributed by atoms with Crippen LogP contribution in [-0.2, 0) is 16.1 Å². The van der Waals surface area contributed by atoms with E-state index in [1.54, 1.807) is 35.3 Å². The highest BCUT2D eigenvalue weighted by Gasteiger charge is 2.41. The number of aliphatic hydroxyl groups is 1. The second kappa shape index (κ2) is 9.36. The Kier molecular flexibility index (Phi) is 6.69. The molecule has 2 heterocycles. The van der Waals surface area contributed by atoms with E-state index in [1.165, 1.54) is 0 Å². The summed E-state index contributed by atoms with van der Waals surface area (Å²) in [5.41, 5.74) is 1.86. The first kappa shape index (κ1) is 23.6. The zero-order valence-electron chi connectivity index (χ0n) is 17.5. The largest absolute Gasteiger partial charge is 0.522 e. The summed E-state index contributed by atoms with van der Waals surface area (Å²) in [4.78, 5) is 12.6. The maximum Gasteiger partial charge on any atom is 0.522 e. The SMILES string of the molecule is C=C(CCn1cc(C2CC(OC(F)(F)F)C2)cn1)NC(=O)[C@H]1C[C@@H](O)c2cc(Cl)ccc2O1. The van der Waals surface area contributed by atoms with E-state index in [0.717, 1.165) is 5.56 Å². The van der Waals surface area contributed by atoms with E-state index in [9.17, 15) is 23.1 Å². The number of nitrogens with one attached hydrogen (secondary N) is 1. The Morgan fingerprint density at radius 2 is 2.12 bits per heavy atom. The highest BCUT2D eigenvalue weighted by Crippen LogP contribution is 2.41. The molecule has 0 unspecified atom stereocenters. The third-order valence-corrected chi connectivity index (χ3v) is 6.03. The number of benzene rings is 1.